The Labute approximate surface area is 141 Å². The first-order valence-corrected chi connectivity index (χ1v) is 7.01. The molecular weight excluding hydrogens is 330 g/mol. The minimum absolute atomic E-state index is 0.00924. The van der Waals surface area contributed by atoms with Crippen molar-refractivity contribution in [2.45, 2.75) is 12.8 Å². The van der Waals surface area contributed by atoms with E-state index in [1.54, 1.807) is 18.2 Å². The van der Waals surface area contributed by atoms with Crippen LogP contribution in [0.5, 0.6) is 0 Å². The molecule has 0 saturated heterocycles. The lowest BCUT2D eigenvalue weighted by Crippen LogP contribution is -2.33. The summed E-state index contributed by atoms with van der Waals surface area (Å²) in [6.45, 7) is 1.14. The molecule has 130 valence electrons. The van der Waals surface area contributed by atoms with Crippen molar-refractivity contribution >= 4 is 29.0 Å². The van der Waals surface area contributed by atoms with Crippen LogP contribution in [0.15, 0.2) is 52.7 Å². The van der Waals surface area contributed by atoms with Crippen LogP contribution in [0.2, 0.25) is 0 Å². The van der Waals surface area contributed by atoms with E-state index in [2.05, 4.69) is 15.5 Å². The summed E-state index contributed by atoms with van der Waals surface area (Å²) in [5.41, 5.74) is 0.213. The summed E-state index contributed by atoms with van der Waals surface area (Å²) in [5, 5.41) is 46.9. The number of aliphatic hydroxyl groups is 2. The van der Waals surface area contributed by atoms with Gasteiger partial charge >= 0.3 is 11.9 Å². The molecule has 0 amide bonds. The Hall–Kier alpha value is -3.30. The molecule has 0 fully saturated rings. The quantitative estimate of drug-likeness (QED) is 0.398. The third-order valence-corrected chi connectivity index (χ3v) is 2.97. The highest BCUT2D eigenvalue weighted by atomic mass is 16.5. The number of benzene rings is 2. The minimum atomic E-state index is -2.11. The summed E-state index contributed by atoms with van der Waals surface area (Å²) in [7, 11) is 0. The lowest BCUT2D eigenvalue weighted by atomic mass is 10.1. The van der Waals surface area contributed by atoms with Crippen LogP contribution in [0.25, 0.3) is 0 Å². The largest absolute Gasteiger partial charge is 0.478 e. The lowest BCUT2D eigenvalue weighted by molar-refractivity contribution is -0.118. The minimum Gasteiger partial charge on any atom is -0.478 e. The molecular formula is C16H15N3O6. The van der Waals surface area contributed by atoms with E-state index < -0.39 is 17.8 Å². The molecule has 0 aliphatic heterocycles. The highest BCUT2D eigenvalue weighted by Crippen LogP contribution is 2.25. The number of hydrogen-bond donors (Lipinski definition) is 5. The summed E-state index contributed by atoms with van der Waals surface area (Å²) < 4.78 is 0. The number of anilines is 1. The van der Waals surface area contributed by atoms with E-state index in [-0.39, 0.29) is 16.8 Å². The van der Waals surface area contributed by atoms with Crippen LogP contribution in [0.3, 0.4) is 0 Å². The van der Waals surface area contributed by atoms with Crippen molar-refractivity contribution < 1.29 is 30.0 Å². The van der Waals surface area contributed by atoms with Gasteiger partial charge in [0.1, 0.15) is 5.69 Å². The van der Waals surface area contributed by atoms with Crippen molar-refractivity contribution in [3.63, 3.8) is 0 Å². The van der Waals surface area contributed by atoms with E-state index in [1.807, 2.05) is 0 Å². The number of nitrogens with zero attached hydrogens (tertiary/aromatic N) is 2. The number of hydrogen-bond acceptors (Lipinski definition) is 7. The summed E-state index contributed by atoms with van der Waals surface area (Å²) >= 11 is 0. The Balaban J connectivity index is 2.32. The molecule has 0 unspecified atom stereocenters. The van der Waals surface area contributed by atoms with Gasteiger partial charge in [0.05, 0.1) is 16.8 Å². The van der Waals surface area contributed by atoms with Gasteiger partial charge in [0.2, 0.25) is 5.91 Å². The number of carboxylic acids is 2. The maximum absolute atomic E-state index is 11.3. The van der Waals surface area contributed by atoms with Crippen LogP contribution in [0.4, 0.5) is 17.1 Å². The van der Waals surface area contributed by atoms with Gasteiger partial charge in [-0.2, -0.15) is 5.11 Å². The van der Waals surface area contributed by atoms with Crippen LogP contribution in [0, 0.1) is 0 Å². The predicted molar refractivity (Wildman–Crippen MR) is 87.4 cm³/mol. The number of nitrogens with one attached hydrogen (secondary N) is 1. The van der Waals surface area contributed by atoms with Crippen molar-refractivity contribution in [2.75, 3.05) is 5.32 Å². The summed E-state index contributed by atoms with van der Waals surface area (Å²) in [6.07, 6.45) is 0. The average Bonchev–Trinajstić information content (AvgIpc) is 2.51. The normalized spacial score (nSPS) is 11.5. The first kappa shape index (κ1) is 18.0. The molecule has 0 aliphatic carbocycles. The zero-order valence-corrected chi connectivity index (χ0v) is 13.0. The highest BCUT2D eigenvalue weighted by Gasteiger charge is 2.15. The molecule has 2 aromatic rings. The maximum Gasteiger partial charge on any atom is 0.337 e. The van der Waals surface area contributed by atoms with E-state index in [0.717, 1.165) is 13.0 Å². The number of rotatable bonds is 6. The zero-order valence-electron chi connectivity index (χ0n) is 13.0. The molecule has 9 heteroatoms. The fraction of sp³-hybridized carbons (Fsp3) is 0.125. The third-order valence-electron chi connectivity index (χ3n) is 2.97. The second-order valence-corrected chi connectivity index (χ2v) is 5.24. The molecule has 0 aliphatic rings. The molecule has 0 heterocycles. The van der Waals surface area contributed by atoms with Gasteiger partial charge < -0.3 is 25.7 Å². The van der Waals surface area contributed by atoms with Crippen LogP contribution < -0.4 is 5.32 Å². The molecule has 25 heavy (non-hydrogen) atoms. The van der Waals surface area contributed by atoms with Crippen molar-refractivity contribution in [3.05, 3.63) is 53.6 Å². The van der Waals surface area contributed by atoms with Gasteiger partial charge in [0.25, 0.3) is 0 Å². The van der Waals surface area contributed by atoms with Gasteiger partial charge in [0.15, 0.2) is 0 Å². The average molecular weight is 345 g/mol. The van der Waals surface area contributed by atoms with Gasteiger partial charge in [-0.1, -0.05) is 6.07 Å². The molecule has 0 atom stereocenters. The molecule has 9 nitrogen and oxygen atoms in total. The van der Waals surface area contributed by atoms with E-state index in [1.165, 1.54) is 18.2 Å². The topological polar surface area (TPSA) is 152 Å². The fourth-order valence-corrected chi connectivity index (χ4v) is 1.96. The van der Waals surface area contributed by atoms with E-state index in [0.29, 0.717) is 11.4 Å². The molecule has 2 aromatic carbocycles. The Morgan fingerprint density at radius 2 is 1.72 bits per heavy atom. The number of carbonyl (C=O) groups is 2. The Morgan fingerprint density at radius 3 is 2.32 bits per heavy atom. The van der Waals surface area contributed by atoms with Crippen molar-refractivity contribution in [3.8, 4) is 0 Å². The monoisotopic (exact) mass is 345 g/mol. The van der Waals surface area contributed by atoms with Crippen molar-refractivity contribution in [1.29, 1.82) is 0 Å². The highest BCUT2D eigenvalue weighted by molar-refractivity contribution is 5.97. The van der Waals surface area contributed by atoms with E-state index in [9.17, 15) is 24.9 Å². The van der Waals surface area contributed by atoms with Gasteiger partial charge in [-0.05, 0) is 36.4 Å². The Bertz CT molecular complexity index is 842. The summed E-state index contributed by atoms with van der Waals surface area (Å²) in [6, 6.07) is 9.69. The summed E-state index contributed by atoms with van der Waals surface area (Å²) in [4.78, 5) is 22.2. The second-order valence-electron chi connectivity index (χ2n) is 5.24. The molecule has 0 aromatic heterocycles. The number of carboxylic acid groups (broad SMARTS) is 2. The van der Waals surface area contributed by atoms with Crippen molar-refractivity contribution in [1.82, 2.24) is 0 Å². The van der Waals surface area contributed by atoms with Crippen molar-refractivity contribution in [2.24, 2.45) is 10.2 Å². The standard InChI is InChI=1S/C16H15N3O6/c1-16(24,25)17-10-3-2-4-11(8-10)18-19-13-6-5-9(14(20)21)7-12(13)15(22)23/h2-8,17,24-25H,1H3,(H,20,21)(H,22,23). The van der Waals surface area contributed by atoms with Crippen LogP contribution in [0.1, 0.15) is 27.6 Å². The number of aromatic carboxylic acids is 2. The van der Waals surface area contributed by atoms with Crippen LogP contribution >= 0.6 is 0 Å². The first-order valence-electron chi connectivity index (χ1n) is 7.01. The third kappa shape index (κ3) is 5.09. The maximum atomic E-state index is 11.3. The molecule has 2 rings (SSSR count). The number of azo groups is 1. The second kappa shape index (κ2) is 7.07. The van der Waals surface area contributed by atoms with Gasteiger partial charge in [-0.15, -0.1) is 5.11 Å². The first-order chi connectivity index (χ1) is 11.7. The molecule has 0 spiro atoms. The van der Waals surface area contributed by atoms with Crippen LogP contribution in [-0.4, -0.2) is 38.3 Å². The smallest absolute Gasteiger partial charge is 0.337 e. The zero-order chi connectivity index (χ0) is 18.6. The fourth-order valence-electron chi connectivity index (χ4n) is 1.96. The van der Waals surface area contributed by atoms with Gasteiger partial charge in [0, 0.05) is 12.6 Å². The molecule has 0 radical (unpaired) electrons. The van der Waals surface area contributed by atoms with Gasteiger partial charge in [-0.25, -0.2) is 9.59 Å². The SMILES string of the molecule is CC(O)(O)Nc1cccc(N=Nc2ccc(C(=O)O)cc2C(=O)O)c1. The predicted octanol–water partition coefficient (Wildman–Crippen LogP) is 2.57. The van der Waals surface area contributed by atoms with Gasteiger partial charge in [-0.3, -0.25) is 0 Å². The van der Waals surface area contributed by atoms with Crippen LogP contribution in [-0.2, 0) is 0 Å². The van der Waals surface area contributed by atoms with E-state index >= 15 is 0 Å². The molecule has 5 N–H and O–H groups in total. The van der Waals surface area contributed by atoms with E-state index in [4.69, 9.17) is 5.11 Å². The molecule has 0 saturated carbocycles. The Morgan fingerprint density at radius 1 is 1.00 bits per heavy atom. The molecule has 0 bridgehead atoms. The summed E-state index contributed by atoms with van der Waals surface area (Å²) in [5.74, 6) is -4.69. The lowest BCUT2D eigenvalue weighted by Gasteiger charge is -2.18. The Kier molecular flexibility index (Phi) is 5.11.